The largest absolute Gasteiger partial charge is 0.450 e. The monoisotopic (exact) mass is 270 g/mol. The van der Waals surface area contributed by atoms with E-state index in [4.69, 9.17) is 17.0 Å². The molecule has 1 nitrogen and oxygen atoms in total. The molecule has 0 amide bonds. The third kappa shape index (κ3) is 3.02. The van der Waals surface area contributed by atoms with E-state index >= 15 is 0 Å². The normalized spacial score (nSPS) is 11.1. The van der Waals surface area contributed by atoms with Gasteiger partial charge in [-0.05, 0) is 23.8 Å². The predicted molar refractivity (Wildman–Crippen MR) is 83.9 cm³/mol. The number of rotatable bonds is 3. The summed E-state index contributed by atoms with van der Waals surface area (Å²) in [6.07, 6.45) is 0. The Hall–Kier alpha value is -1.67. The van der Waals surface area contributed by atoms with Crippen molar-refractivity contribution in [3.8, 4) is 5.75 Å². The lowest BCUT2D eigenvalue weighted by Crippen LogP contribution is -2.20. The Morgan fingerprint density at radius 3 is 2.16 bits per heavy atom. The molecule has 0 bridgehead atoms. The van der Waals surface area contributed by atoms with Crippen molar-refractivity contribution in [3.05, 3.63) is 65.7 Å². The second-order valence-electron chi connectivity index (χ2n) is 5.08. The van der Waals surface area contributed by atoms with Crippen LogP contribution in [0.4, 0.5) is 0 Å². The first-order valence-corrected chi connectivity index (χ1v) is 6.76. The summed E-state index contributed by atoms with van der Waals surface area (Å²) in [6, 6.07) is 18.5. The third-order valence-electron chi connectivity index (χ3n) is 3.31. The Labute approximate surface area is 120 Å². The first-order valence-electron chi connectivity index (χ1n) is 6.35. The van der Waals surface area contributed by atoms with Gasteiger partial charge in [0.25, 0.3) is 0 Å². The number of ether oxygens (including phenoxy) is 1. The zero-order valence-corrected chi connectivity index (χ0v) is 12.3. The summed E-state index contributed by atoms with van der Waals surface area (Å²) in [7, 11) is 0. The van der Waals surface area contributed by atoms with E-state index in [-0.39, 0.29) is 5.41 Å². The lowest BCUT2D eigenvalue weighted by atomic mass is 9.78. The second-order valence-corrected chi connectivity index (χ2v) is 5.66. The van der Waals surface area contributed by atoms with Crippen molar-refractivity contribution in [2.45, 2.75) is 26.2 Å². The number of hydrogen-bond acceptors (Lipinski definition) is 2. The van der Waals surface area contributed by atoms with Crippen LogP contribution in [0.25, 0.3) is 0 Å². The van der Waals surface area contributed by atoms with Gasteiger partial charge in [0.1, 0.15) is 5.75 Å². The van der Waals surface area contributed by atoms with Gasteiger partial charge < -0.3 is 4.74 Å². The number of thiocarbonyl (C=S) groups is 1. The van der Waals surface area contributed by atoms with E-state index in [0.717, 1.165) is 11.3 Å². The molecule has 0 fully saturated rings. The highest BCUT2D eigenvalue weighted by Gasteiger charge is 2.26. The lowest BCUT2D eigenvalue weighted by molar-refractivity contribution is 0.524. The molecule has 98 valence electrons. The number of para-hydroxylation sites is 1. The first kappa shape index (κ1) is 13.8. The molecule has 0 saturated heterocycles. The summed E-state index contributed by atoms with van der Waals surface area (Å²) in [4.78, 5) is 0. The van der Waals surface area contributed by atoms with Gasteiger partial charge in [-0.15, -0.1) is 0 Å². The van der Waals surface area contributed by atoms with Crippen molar-refractivity contribution in [3.63, 3.8) is 0 Å². The van der Waals surface area contributed by atoms with Crippen LogP contribution in [-0.2, 0) is 5.41 Å². The van der Waals surface area contributed by atoms with Crippen molar-refractivity contribution >= 4 is 17.3 Å². The average Bonchev–Trinajstić information content (AvgIpc) is 2.39. The molecule has 0 aliphatic carbocycles. The summed E-state index contributed by atoms with van der Waals surface area (Å²) in [5.74, 6) is 0.837. The summed E-state index contributed by atoms with van der Waals surface area (Å²) < 4.78 is 5.68. The molecule has 0 saturated carbocycles. The molecule has 2 heteroatoms. The first-order chi connectivity index (χ1) is 9.01. The minimum Gasteiger partial charge on any atom is -0.450 e. The molecule has 0 atom stereocenters. The third-order valence-corrected chi connectivity index (χ3v) is 3.39. The van der Waals surface area contributed by atoms with Crippen molar-refractivity contribution in [1.29, 1.82) is 0 Å². The molecule has 0 aliphatic heterocycles. The zero-order chi connectivity index (χ0) is 13.9. The Bertz CT molecular complexity index is 573. The Kier molecular flexibility index (Phi) is 4.01. The second kappa shape index (κ2) is 5.54. The van der Waals surface area contributed by atoms with Gasteiger partial charge in [-0.3, -0.25) is 0 Å². The van der Waals surface area contributed by atoms with Gasteiger partial charge in [-0.25, -0.2) is 0 Å². The molecule has 2 rings (SSSR count). The number of hydrogen-bond donors (Lipinski definition) is 0. The molecular formula is C17H18OS. The fraction of sp³-hybridized carbons (Fsp3) is 0.235. The molecule has 0 heterocycles. The average molecular weight is 270 g/mol. The fourth-order valence-corrected chi connectivity index (χ4v) is 2.33. The Morgan fingerprint density at radius 1 is 0.947 bits per heavy atom. The maximum atomic E-state index is 5.68. The molecule has 19 heavy (non-hydrogen) atoms. The maximum Gasteiger partial charge on any atom is 0.164 e. The van der Waals surface area contributed by atoms with Crippen molar-refractivity contribution < 1.29 is 4.74 Å². The molecule has 0 N–H and O–H groups in total. The van der Waals surface area contributed by atoms with Gasteiger partial charge in [0, 0.05) is 17.9 Å². The lowest BCUT2D eigenvalue weighted by Gasteiger charge is -2.28. The van der Waals surface area contributed by atoms with Gasteiger partial charge in [-0.1, -0.05) is 62.4 Å². The van der Waals surface area contributed by atoms with E-state index in [1.807, 2.05) is 24.3 Å². The van der Waals surface area contributed by atoms with Crippen LogP contribution in [0, 0.1) is 0 Å². The molecule has 0 aromatic heterocycles. The van der Waals surface area contributed by atoms with Crippen LogP contribution in [-0.4, -0.2) is 5.05 Å². The quantitative estimate of drug-likeness (QED) is 0.745. The molecule has 2 aromatic rings. The summed E-state index contributed by atoms with van der Waals surface area (Å²) in [5, 5.41) is 0.538. The molecular weight excluding hydrogens is 252 g/mol. The minimum atomic E-state index is -0.122. The van der Waals surface area contributed by atoms with Crippen molar-refractivity contribution in [2.24, 2.45) is 0 Å². The van der Waals surface area contributed by atoms with Gasteiger partial charge in [0.15, 0.2) is 5.05 Å². The minimum absolute atomic E-state index is 0.122. The molecule has 0 aliphatic rings. The smallest absolute Gasteiger partial charge is 0.164 e. The van der Waals surface area contributed by atoms with Crippen LogP contribution in [0.3, 0.4) is 0 Å². The SMILES string of the molecule is CC(=S)Oc1ccccc1C(C)(C)c1ccccc1. The van der Waals surface area contributed by atoms with Crippen molar-refractivity contribution in [1.82, 2.24) is 0 Å². The summed E-state index contributed by atoms with van der Waals surface area (Å²) in [6.45, 7) is 6.19. The molecule has 0 spiro atoms. The fourth-order valence-electron chi connectivity index (χ4n) is 2.24. The van der Waals surface area contributed by atoms with E-state index in [2.05, 4.69) is 44.2 Å². The van der Waals surface area contributed by atoms with E-state index < -0.39 is 0 Å². The van der Waals surface area contributed by atoms with Crippen LogP contribution in [0.1, 0.15) is 31.9 Å². The van der Waals surface area contributed by atoms with Crippen LogP contribution < -0.4 is 4.74 Å². The van der Waals surface area contributed by atoms with Gasteiger partial charge >= 0.3 is 0 Å². The Morgan fingerprint density at radius 2 is 1.53 bits per heavy atom. The van der Waals surface area contributed by atoms with Crippen LogP contribution in [0.2, 0.25) is 0 Å². The van der Waals surface area contributed by atoms with Gasteiger partial charge in [0.05, 0.1) is 0 Å². The standard InChI is InChI=1S/C17H18OS/c1-13(19)18-16-12-8-7-11-15(16)17(2,3)14-9-5-4-6-10-14/h4-12H,1-3H3. The van der Waals surface area contributed by atoms with E-state index in [1.165, 1.54) is 5.56 Å². The maximum absolute atomic E-state index is 5.68. The van der Waals surface area contributed by atoms with Crippen LogP contribution in [0.15, 0.2) is 54.6 Å². The molecule has 2 aromatic carbocycles. The predicted octanol–water partition coefficient (Wildman–Crippen LogP) is 4.74. The van der Waals surface area contributed by atoms with Gasteiger partial charge in [-0.2, -0.15) is 0 Å². The summed E-state index contributed by atoms with van der Waals surface area (Å²) in [5.41, 5.74) is 2.28. The van der Waals surface area contributed by atoms with E-state index in [1.54, 1.807) is 6.92 Å². The highest BCUT2D eigenvalue weighted by atomic mass is 32.1. The molecule has 0 unspecified atom stereocenters. The zero-order valence-electron chi connectivity index (χ0n) is 11.5. The number of benzene rings is 2. The van der Waals surface area contributed by atoms with Crippen LogP contribution >= 0.6 is 12.2 Å². The Balaban J connectivity index is 2.49. The summed E-state index contributed by atoms with van der Waals surface area (Å²) >= 11 is 5.05. The topological polar surface area (TPSA) is 9.23 Å². The highest BCUT2D eigenvalue weighted by molar-refractivity contribution is 7.80. The highest BCUT2D eigenvalue weighted by Crippen LogP contribution is 2.37. The van der Waals surface area contributed by atoms with Crippen molar-refractivity contribution in [2.75, 3.05) is 0 Å². The van der Waals surface area contributed by atoms with Crippen LogP contribution in [0.5, 0.6) is 5.75 Å². The van der Waals surface area contributed by atoms with E-state index in [0.29, 0.717) is 5.05 Å². The van der Waals surface area contributed by atoms with Gasteiger partial charge in [0.2, 0.25) is 0 Å². The van der Waals surface area contributed by atoms with E-state index in [9.17, 15) is 0 Å². The molecule has 0 radical (unpaired) electrons.